The van der Waals surface area contributed by atoms with Crippen molar-refractivity contribution in [2.75, 3.05) is 6.61 Å². The molecule has 24 heavy (non-hydrogen) atoms. The molecule has 126 valence electrons. The smallest absolute Gasteiger partial charge is 0.224 e. The molecule has 0 heterocycles. The van der Waals surface area contributed by atoms with Crippen molar-refractivity contribution in [1.29, 1.82) is 0 Å². The van der Waals surface area contributed by atoms with Crippen molar-refractivity contribution >= 4 is 5.91 Å². The lowest BCUT2D eigenvalue weighted by Crippen LogP contribution is -2.40. The summed E-state index contributed by atoms with van der Waals surface area (Å²) >= 11 is 0. The van der Waals surface area contributed by atoms with Gasteiger partial charge in [-0.1, -0.05) is 30.3 Å². The minimum Gasteiger partial charge on any atom is -0.394 e. The van der Waals surface area contributed by atoms with Crippen LogP contribution in [0.25, 0.3) is 0 Å². The SMILES string of the molecule is O=C(NC(CO)Cc1ccccc1)C1CC1c1cc(F)ccc1F. The number of nitrogens with one attached hydrogen (secondary N) is 1. The fourth-order valence-electron chi connectivity index (χ4n) is 3.00. The fourth-order valence-corrected chi connectivity index (χ4v) is 3.00. The molecule has 5 heteroatoms. The van der Waals surface area contributed by atoms with E-state index in [2.05, 4.69) is 5.32 Å². The fraction of sp³-hybridized carbons (Fsp3) is 0.316. The summed E-state index contributed by atoms with van der Waals surface area (Å²) in [6.07, 6.45) is 1.02. The summed E-state index contributed by atoms with van der Waals surface area (Å²) < 4.78 is 27.0. The van der Waals surface area contributed by atoms with Gasteiger partial charge in [-0.2, -0.15) is 0 Å². The third kappa shape index (κ3) is 3.79. The molecule has 3 unspecified atom stereocenters. The minimum absolute atomic E-state index is 0.174. The van der Waals surface area contributed by atoms with Gasteiger partial charge in [0.1, 0.15) is 11.6 Å². The average Bonchev–Trinajstić information content (AvgIpc) is 3.38. The van der Waals surface area contributed by atoms with Crippen molar-refractivity contribution in [1.82, 2.24) is 5.32 Å². The molecule has 0 aromatic heterocycles. The van der Waals surface area contributed by atoms with Crippen LogP contribution in [0.1, 0.15) is 23.5 Å². The minimum atomic E-state index is -0.505. The third-order valence-corrected chi connectivity index (χ3v) is 4.38. The normalized spacial score (nSPS) is 20.5. The van der Waals surface area contributed by atoms with Crippen molar-refractivity contribution in [3.63, 3.8) is 0 Å². The lowest BCUT2D eigenvalue weighted by molar-refractivity contribution is -0.123. The van der Waals surface area contributed by atoms with Crippen LogP contribution in [0.15, 0.2) is 48.5 Å². The van der Waals surface area contributed by atoms with Gasteiger partial charge in [-0.05, 0) is 48.1 Å². The summed E-state index contributed by atoms with van der Waals surface area (Å²) in [6.45, 7) is -0.174. The Morgan fingerprint density at radius 1 is 1.21 bits per heavy atom. The lowest BCUT2D eigenvalue weighted by atomic mass is 10.1. The predicted octanol–water partition coefficient (Wildman–Crippen LogP) is 2.79. The van der Waals surface area contributed by atoms with Crippen molar-refractivity contribution in [2.45, 2.75) is 24.8 Å². The first-order valence-electron chi connectivity index (χ1n) is 7.98. The third-order valence-electron chi connectivity index (χ3n) is 4.38. The van der Waals surface area contributed by atoms with Gasteiger partial charge in [0.25, 0.3) is 0 Å². The Morgan fingerprint density at radius 2 is 1.96 bits per heavy atom. The zero-order valence-electron chi connectivity index (χ0n) is 13.1. The number of amides is 1. The number of carbonyl (C=O) groups is 1. The highest BCUT2D eigenvalue weighted by molar-refractivity contribution is 5.83. The highest BCUT2D eigenvalue weighted by atomic mass is 19.1. The number of rotatable bonds is 6. The van der Waals surface area contributed by atoms with Crippen LogP contribution in [-0.2, 0) is 11.2 Å². The van der Waals surface area contributed by atoms with Gasteiger partial charge < -0.3 is 10.4 Å². The second kappa shape index (κ2) is 7.09. The van der Waals surface area contributed by atoms with Crippen molar-refractivity contribution in [3.8, 4) is 0 Å². The van der Waals surface area contributed by atoms with Crippen LogP contribution in [0.3, 0.4) is 0 Å². The van der Waals surface area contributed by atoms with Crippen LogP contribution >= 0.6 is 0 Å². The maximum atomic E-state index is 13.8. The number of carbonyl (C=O) groups excluding carboxylic acids is 1. The van der Waals surface area contributed by atoms with Crippen LogP contribution in [0, 0.1) is 17.6 Å². The van der Waals surface area contributed by atoms with E-state index in [0.717, 1.165) is 23.8 Å². The van der Waals surface area contributed by atoms with Crippen LogP contribution in [0.5, 0.6) is 0 Å². The number of benzene rings is 2. The Balaban J connectivity index is 1.60. The quantitative estimate of drug-likeness (QED) is 0.855. The zero-order chi connectivity index (χ0) is 17.1. The van der Waals surface area contributed by atoms with E-state index in [1.54, 1.807) is 0 Å². The largest absolute Gasteiger partial charge is 0.394 e. The predicted molar refractivity (Wildman–Crippen MR) is 86.4 cm³/mol. The second-order valence-corrected chi connectivity index (χ2v) is 6.19. The Hall–Kier alpha value is -2.27. The van der Waals surface area contributed by atoms with E-state index in [1.807, 2.05) is 30.3 Å². The molecule has 0 bridgehead atoms. The molecule has 1 fully saturated rings. The molecule has 1 amide bonds. The van der Waals surface area contributed by atoms with Crippen LogP contribution < -0.4 is 5.32 Å². The van der Waals surface area contributed by atoms with E-state index >= 15 is 0 Å². The Kier molecular flexibility index (Phi) is 4.90. The topological polar surface area (TPSA) is 49.3 Å². The highest BCUT2D eigenvalue weighted by Crippen LogP contribution is 2.48. The monoisotopic (exact) mass is 331 g/mol. The summed E-state index contributed by atoms with van der Waals surface area (Å²) in [5.41, 5.74) is 1.26. The molecule has 0 radical (unpaired) electrons. The number of aliphatic hydroxyl groups excluding tert-OH is 1. The molecule has 1 aliphatic carbocycles. The Labute approximate surface area is 139 Å². The molecule has 1 aliphatic rings. The maximum absolute atomic E-state index is 13.8. The van der Waals surface area contributed by atoms with Gasteiger partial charge in [0.05, 0.1) is 12.6 Å². The number of halogens is 2. The molecule has 2 N–H and O–H groups in total. The Morgan fingerprint density at radius 3 is 2.67 bits per heavy atom. The van der Waals surface area contributed by atoms with E-state index in [9.17, 15) is 18.7 Å². The van der Waals surface area contributed by atoms with Crippen molar-refractivity contribution in [2.24, 2.45) is 5.92 Å². The second-order valence-electron chi connectivity index (χ2n) is 6.19. The molecule has 2 aromatic carbocycles. The zero-order valence-corrected chi connectivity index (χ0v) is 13.1. The molecular formula is C19H19F2NO2. The number of aliphatic hydroxyl groups is 1. The van der Waals surface area contributed by atoms with E-state index < -0.39 is 17.7 Å². The summed E-state index contributed by atoms with van der Waals surface area (Å²) in [6, 6.07) is 12.5. The van der Waals surface area contributed by atoms with Gasteiger partial charge >= 0.3 is 0 Å². The van der Waals surface area contributed by atoms with Gasteiger partial charge in [-0.3, -0.25) is 4.79 Å². The van der Waals surface area contributed by atoms with E-state index in [0.29, 0.717) is 12.8 Å². The molecule has 3 rings (SSSR count). The summed E-state index contributed by atoms with van der Waals surface area (Å²) in [5, 5.41) is 12.3. The van der Waals surface area contributed by atoms with Crippen molar-refractivity contribution < 1.29 is 18.7 Å². The maximum Gasteiger partial charge on any atom is 0.224 e. The summed E-state index contributed by atoms with van der Waals surface area (Å²) in [7, 11) is 0. The molecule has 2 aromatic rings. The standard InChI is InChI=1S/C19H19F2NO2/c20-13-6-7-18(21)16(9-13)15-10-17(15)19(24)22-14(11-23)8-12-4-2-1-3-5-12/h1-7,9,14-15,17,23H,8,10-11H2,(H,22,24). The first-order chi connectivity index (χ1) is 11.6. The van der Waals surface area contributed by atoms with Gasteiger partial charge in [0, 0.05) is 5.92 Å². The van der Waals surface area contributed by atoms with Gasteiger partial charge in [0.2, 0.25) is 5.91 Å². The molecule has 0 aliphatic heterocycles. The average molecular weight is 331 g/mol. The van der Waals surface area contributed by atoms with E-state index in [-0.39, 0.29) is 29.9 Å². The van der Waals surface area contributed by atoms with Gasteiger partial charge in [-0.15, -0.1) is 0 Å². The number of hydrogen-bond acceptors (Lipinski definition) is 2. The van der Waals surface area contributed by atoms with E-state index in [1.165, 1.54) is 0 Å². The molecular weight excluding hydrogens is 312 g/mol. The molecule has 1 saturated carbocycles. The Bertz CT molecular complexity index is 721. The molecule has 0 saturated heterocycles. The van der Waals surface area contributed by atoms with Crippen LogP contribution in [-0.4, -0.2) is 23.7 Å². The van der Waals surface area contributed by atoms with Crippen molar-refractivity contribution in [3.05, 3.63) is 71.3 Å². The van der Waals surface area contributed by atoms with Gasteiger partial charge in [0.15, 0.2) is 0 Å². The molecule has 0 spiro atoms. The first-order valence-corrected chi connectivity index (χ1v) is 7.98. The molecule has 3 nitrogen and oxygen atoms in total. The molecule has 3 atom stereocenters. The van der Waals surface area contributed by atoms with Crippen LogP contribution in [0.2, 0.25) is 0 Å². The summed E-state index contributed by atoms with van der Waals surface area (Å²) in [5.74, 6) is -1.88. The van der Waals surface area contributed by atoms with E-state index in [4.69, 9.17) is 0 Å². The first kappa shape index (κ1) is 16.6. The van der Waals surface area contributed by atoms with Crippen LogP contribution in [0.4, 0.5) is 8.78 Å². The summed E-state index contributed by atoms with van der Waals surface area (Å²) in [4.78, 5) is 12.3. The van der Waals surface area contributed by atoms with Gasteiger partial charge in [-0.25, -0.2) is 8.78 Å². The lowest BCUT2D eigenvalue weighted by Gasteiger charge is -2.16. The highest BCUT2D eigenvalue weighted by Gasteiger charge is 2.45. The number of hydrogen-bond donors (Lipinski definition) is 2.